The van der Waals surface area contributed by atoms with Crippen molar-refractivity contribution in [3.05, 3.63) is 42.0 Å². The summed E-state index contributed by atoms with van der Waals surface area (Å²) >= 11 is 1.50. The summed E-state index contributed by atoms with van der Waals surface area (Å²) in [4.78, 5) is 16.8. The van der Waals surface area contributed by atoms with Crippen LogP contribution in [-0.4, -0.2) is 43.5 Å². The number of hydrazone groups is 1. The fourth-order valence-corrected chi connectivity index (χ4v) is 3.77. The second-order valence-corrected chi connectivity index (χ2v) is 7.37. The molecule has 2 heterocycles. The first kappa shape index (κ1) is 19.0. The van der Waals surface area contributed by atoms with Gasteiger partial charge < -0.3 is 19.5 Å². The van der Waals surface area contributed by atoms with E-state index in [1.807, 2.05) is 24.3 Å². The highest BCUT2D eigenvalue weighted by atomic mass is 32.1. The summed E-state index contributed by atoms with van der Waals surface area (Å²) in [6.45, 7) is 2.71. The number of rotatable bonds is 6. The highest BCUT2D eigenvalue weighted by Gasteiger charge is 2.18. The minimum absolute atomic E-state index is 0.273. The van der Waals surface area contributed by atoms with Crippen LogP contribution >= 0.6 is 11.3 Å². The normalized spacial score (nSPS) is 14.0. The van der Waals surface area contributed by atoms with E-state index in [9.17, 15) is 4.79 Å². The molecule has 2 aromatic carbocycles. The van der Waals surface area contributed by atoms with E-state index in [1.165, 1.54) is 17.6 Å². The van der Waals surface area contributed by atoms with Crippen LogP contribution in [0.2, 0.25) is 0 Å². The van der Waals surface area contributed by atoms with Gasteiger partial charge in [-0.15, -0.1) is 0 Å². The highest BCUT2D eigenvalue weighted by Crippen LogP contribution is 2.40. The molecule has 0 radical (unpaired) electrons. The second kappa shape index (κ2) is 8.36. The zero-order valence-electron chi connectivity index (χ0n) is 16.0. The number of methoxy groups -OCH3 is 1. The van der Waals surface area contributed by atoms with Crippen LogP contribution in [0.3, 0.4) is 0 Å². The van der Waals surface area contributed by atoms with E-state index < -0.39 is 6.04 Å². The molecule has 0 saturated carbocycles. The van der Waals surface area contributed by atoms with Gasteiger partial charge in [0.1, 0.15) is 19.3 Å². The fraction of sp³-hybridized carbons (Fsp3) is 0.250. The summed E-state index contributed by atoms with van der Waals surface area (Å²) in [6, 6.07) is 10.9. The van der Waals surface area contributed by atoms with Crippen LogP contribution in [0.15, 0.2) is 41.5 Å². The molecule has 0 aliphatic carbocycles. The third-order valence-corrected chi connectivity index (χ3v) is 5.23. The number of carbonyl (C=O) groups excluding carboxylic acids is 1. The van der Waals surface area contributed by atoms with Crippen molar-refractivity contribution in [3.8, 4) is 17.2 Å². The quantitative estimate of drug-likeness (QED) is 0.477. The number of amides is 1. The average molecular weight is 412 g/mol. The Labute approximate surface area is 171 Å². The number of anilines is 1. The molecule has 1 amide bonds. The summed E-state index contributed by atoms with van der Waals surface area (Å²) in [6.07, 6.45) is 1.53. The molecule has 0 fully saturated rings. The van der Waals surface area contributed by atoms with Crippen LogP contribution in [0.5, 0.6) is 17.2 Å². The Bertz CT molecular complexity index is 1020. The van der Waals surface area contributed by atoms with Crippen molar-refractivity contribution in [2.75, 3.05) is 25.6 Å². The molecule has 1 aliphatic heterocycles. The first-order valence-corrected chi connectivity index (χ1v) is 9.88. The average Bonchev–Trinajstić information content (AvgIpc) is 3.15. The largest absolute Gasteiger partial charge is 0.493 e. The summed E-state index contributed by atoms with van der Waals surface area (Å²) in [5, 5.41) is 7.83. The van der Waals surface area contributed by atoms with E-state index in [4.69, 9.17) is 14.2 Å². The third-order valence-electron chi connectivity index (χ3n) is 4.27. The molecule has 4 rings (SSSR count). The lowest BCUT2D eigenvalue weighted by molar-refractivity contribution is -0.121. The molecule has 8 nitrogen and oxygen atoms in total. The zero-order chi connectivity index (χ0) is 20.2. The summed E-state index contributed by atoms with van der Waals surface area (Å²) < 4.78 is 17.6. The number of nitrogens with one attached hydrogen (secondary N) is 2. The Morgan fingerprint density at radius 1 is 1.31 bits per heavy atom. The van der Waals surface area contributed by atoms with E-state index in [-0.39, 0.29) is 5.91 Å². The van der Waals surface area contributed by atoms with Crippen molar-refractivity contribution in [1.29, 1.82) is 0 Å². The predicted molar refractivity (Wildman–Crippen MR) is 112 cm³/mol. The molecule has 29 heavy (non-hydrogen) atoms. The monoisotopic (exact) mass is 412 g/mol. The molecular weight excluding hydrogens is 392 g/mol. The molecule has 3 aromatic rings. The maximum atomic E-state index is 12.3. The SMILES string of the molecule is COc1cc(/C=N\NC(=O)[C@@H](C)Nc2nc3ccccc3s2)cc2c1OCCO2. The van der Waals surface area contributed by atoms with Crippen molar-refractivity contribution in [3.63, 3.8) is 0 Å². The number of thiazole rings is 1. The van der Waals surface area contributed by atoms with Crippen LogP contribution in [0, 0.1) is 0 Å². The summed E-state index contributed by atoms with van der Waals surface area (Å²) in [5.74, 6) is 1.45. The van der Waals surface area contributed by atoms with Crippen molar-refractivity contribution in [2.24, 2.45) is 5.10 Å². The Balaban J connectivity index is 1.39. The first-order chi connectivity index (χ1) is 14.1. The van der Waals surface area contributed by atoms with Crippen molar-refractivity contribution >= 4 is 38.8 Å². The van der Waals surface area contributed by atoms with E-state index in [1.54, 1.807) is 26.2 Å². The van der Waals surface area contributed by atoms with Crippen LogP contribution in [0.4, 0.5) is 5.13 Å². The number of aromatic nitrogens is 1. The van der Waals surface area contributed by atoms with Crippen LogP contribution < -0.4 is 25.0 Å². The highest BCUT2D eigenvalue weighted by molar-refractivity contribution is 7.22. The smallest absolute Gasteiger partial charge is 0.262 e. The molecule has 150 valence electrons. The van der Waals surface area contributed by atoms with Gasteiger partial charge in [0.15, 0.2) is 16.6 Å². The van der Waals surface area contributed by atoms with Gasteiger partial charge in [0.05, 0.1) is 23.5 Å². The van der Waals surface area contributed by atoms with Crippen molar-refractivity contribution in [1.82, 2.24) is 10.4 Å². The topological polar surface area (TPSA) is 94.1 Å². The van der Waals surface area contributed by atoms with Crippen LogP contribution in [0.25, 0.3) is 10.2 Å². The molecule has 9 heteroatoms. The number of ether oxygens (including phenoxy) is 3. The lowest BCUT2D eigenvalue weighted by atomic mass is 10.2. The Morgan fingerprint density at radius 3 is 2.97 bits per heavy atom. The van der Waals surface area contributed by atoms with Gasteiger partial charge >= 0.3 is 0 Å². The molecule has 1 aliphatic rings. The Morgan fingerprint density at radius 2 is 2.14 bits per heavy atom. The lowest BCUT2D eigenvalue weighted by Crippen LogP contribution is -2.34. The maximum Gasteiger partial charge on any atom is 0.262 e. The number of nitrogens with zero attached hydrogens (tertiary/aromatic N) is 2. The molecule has 2 N–H and O–H groups in total. The van der Waals surface area contributed by atoms with E-state index in [2.05, 4.69) is 20.8 Å². The molecule has 0 unspecified atom stereocenters. The molecular formula is C20H20N4O4S. The number of para-hydroxylation sites is 1. The fourth-order valence-electron chi connectivity index (χ4n) is 2.82. The van der Waals surface area contributed by atoms with Gasteiger partial charge in [-0.3, -0.25) is 4.79 Å². The molecule has 0 saturated heterocycles. The van der Waals surface area contributed by atoms with E-state index in [0.29, 0.717) is 35.6 Å². The standard InChI is InChI=1S/C20H20N4O4S/c1-12(22-20-23-14-5-3-4-6-17(14)29-20)19(25)24-21-11-13-9-15(26-2)18-16(10-13)27-7-8-28-18/h3-6,9-12H,7-8H2,1-2H3,(H,22,23)(H,24,25)/b21-11-/t12-/m1/s1. The van der Waals surface area contributed by atoms with Gasteiger partial charge in [0, 0.05) is 5.56 Å². The van der Waals surface area contributed by atoms with Gasteiger partial charge in [-0.25, -0.2) is 10.4 Å². The number of hydrogen-bond donors (Lipinski definition) is 2. The minimum atomic E-state index is -0.498. The molecule has 0 bridgehead atoms. The van der Waals surface area contributed by atoms with Crippen LogP contribution in [-0.2, 0) is 4.79 Å². The lowest BCUT2D eigenvalue weighted by Gasteiger charge is -2.20. The maximum absolute atomic E-state index is 12.3. The predicted octanol–water partition coefficient (Wildman–Crippen LogP) is 3.03. The van der Waals surface area contributed by atoms with Gasteiger partial charge in [-0.2, -0.15) is 5.10 Å². The minimum Gasteiger partial charge on any atom is -0.493 e. The molecule has 1 aromatic heterocycles. The zero-order valence-corrected chi connectivity index (χ0v) is 16.8. The third kappa shape index (κ3) is 4.24. The number of carbonyl (C=O) groups is 1. The number of fused-ring (bicyclic) bond motifs is 2. The molecule has 0 spiro atoms. The van der Waals surface area contributed by atoms with Gasteiger partial charge in [0.25, 0.3) is 5.91 Å². The Kier molecular flexibility index (Phi) is 5.48. The van der Waals surface area contributed by atoms with E-state index in [0.717, 1.165) is 15.8 Å². The number of hydrogen-bond acceptors (Lipinski definition) is 8. The van der Waals surface area contributed by atoms with Crippen LogP contribution in [0.1, 0.15) is 12.5 Å². The summed E-state index contributed by atoms with van der Waals surface area (Å²) in [7, 11) is 1.56. The van der Waals surface area contributed by atoms with Crippen molar-refractivity contribution < 1.29 is 19.0 Å². The second-order valence-electron chi connectivity index (χ2n) is 6.33. The van der Waals surface area contributed by atoms with E-state index >= 15 is 0 Å². The van der Waals surface area contributed by atoms with Gasteiger partial charge in [0.2, 0.25) is 5.75 Å². The number of benzene rings is 2. The van der Waals surface area contributed by atoms with Gasteiger partial charge in [-0.1, -0.05) is 23.5 Å². The first-order valence-electron chi connectivity index (χ1n) is 9.06. The molecule has 1 atom stereocenters. The summed E-state index contributed by atoms with van der Waals surface area (Å²) in [5.41, 5.74) is 4.16. The Hall–Kier alpha value is -3.33. The van der Waals surface area contributed by atoms with Gasteiger partial charge in [-0.05, 0) is 31.2 Å². The van der Waals surface area contributed by atoms with Crippen molar-refractivity contribution in [2.45, 2.75) is 13.0 Å².